The minimum atomic E-state index is -0.238. The second-order valence-corrected chi connectivity index (χ2v) is 7.42. The maximum atomic E-state index is 11.4. The number of hydrogen-bond donors (Lipinski definition) is 2. The van der Waals surface area contributed by atoms with Gasteiger partial charge in [0.1, 0.15) is 11.5 Å². The van der Waals surface area contributed by atoms with Gasteiger partial charge in [0.15, 0.2) is 6.61 Å². The van der Waals surface area contributed by atoms with Crippen LogP contribution in [0.3, 0.4) is 0 Å². The van der Waals surface area contributed by atoms with Gasteiger partial charge in [0, 0.05) is 29.6 Å². The van der Waals surface area contributed by atoms with Gasteiger partial charge in [-0.05, 0) is 41.8 Å². The number of halogens is 2. The lowest BCUT2D eigenvalue weighted by atomic mass is 9.97. The van der Waals surface area contributed by atoms with Crippen molar-refractivity contribution >= 4 is 29.1 Å². The summed E-state index contributed by atoms with van der Waals surface area (Å²) in [5.74, 6) is 0.451. The first-order chi connectivity index (χ1) is 13.9. The average Bonchev–Trinajstić information content (AvgIpc) is 2.74. The predicted octanol–water partition coefficient (Wildman–Crippen LogP) is 5.39. The van der Waals surface area contributed by atoms with Crippen LogP contribution in [0.4, 0.5) is 0 Å². The zero-order valence-corrected chi connectivity index (χ0v) is 17.6. The van der Waals surface area contributed by atoms with Gasteiger partial charge in [-0.1, -0.05) is 59.6 Å². The van der Waals surface area contributed by atoms with Crippen molar-refractivity contribution in [1.82, 2.24) is 5.32 Å². The second kappa shape index (κ2) is 9.21. The van der Waals surface area contributed by atoms with Gasteiger partial charge in [0.2, 0.25) is 0 Å². The van der Waals surface area contributed by atoms with Crippen molar-refractivity contribution in [2.75, 3.05) is 13.7 Å². The van der Waals surface area contributed by atoms with Crippen LogP contribution in [0.15, 0.2) is 54.6 Å². The van der Waals surface area contributed by atoms with E-state index in [1.54, 1.807) is 19.2 Å². The second-order valence-electron chi connectivity index (χ2n) is 6.63. The quantitative estimate of drug-likeness (QED) is 0.551. The van der Waals surface area contributed by atoms with Crippen molar-refractivity contribution in [2.24, 2.45) is 0 Å². The Balaban J connectivity index is 1.91. The summed E-state index contributed by atoms with van der Waals surface area (Å²) in [6.07, 6.45) is 0.494. The molecule has 3 aromatic carbocycles. The molecule has 0 aliphatic heterocycles. The molecule has 29 heavy (non-hydrogen) atoms. The van der Waals surface area contributed by atoms with Gasteiger partial charge >= 0.3 is 0 Å². The first-order valence-electron chi connectivity index (χ1n) is 9.09. The van der Waals surface area contributed by atoms with Crippen LogP contribution in [-0.4, -0.2) is 24.7 Å². The van der Waals surface area contributed by atoms with E-state index in [1.165, 1.54) is 0 Å². The van der Waals surface area contributed by atoms with Gasteiger partial charge in [0.25, 0.3) is 5.91 Å². The normalized spacial score (nSPS) is 10.6. The zero-order chi connectivity index (χ0) is 21.0. The third kappa shape index (κ3) is 4.84. The van der Waals surface area contributed by atoms with E-state index in [4.69, 9.17) is 27.9 Å². The fourth-order valence-electron chi connectivity index (χ4n) is 3.02. The smallest absolute Gasteiger partial charge is 0.257 e. The van der Waals surface area contributed by atoms with Gasteiger partial charge in [-0.2, -0.15) is 0 Å². The lowest BCUT2D eigenvalue weighted by molar-refractivity contribution is -0.122. The molecule has 6 heteroatoms. The fourth-order valence-corrected chi connectivity index (χ4v) is 3.59. The molecule has 3 aromatic rings. The van der Waals surface area contributed by atoms with E-state index in [9.17, 15) is 9.90 Å². The summed E-state index contributed by atoms with van der Waals surface area (Å²) >= 11 is 13.1. The van der Waals surface area contributed by atoms with E-state index in [1.807, 2.05) is 49.4 Å². The molecule has 0 bridgehead atoms. The van der Waals surface area contributed by atoms with Crippen molar-refractivity contribution in [3.63, 3.8) is 0 Å². The Morgan fingerprint density at radius 2 is 1.83 bits per heavy atom. The number of aromatic hydroxyl groups is 1. The highest BCUT2D eigenvalue weighted by Gasteiger charge is 2.16. The molecule has 0 saturated carbocycles. The highest BCUT2D eigenvalue weighted by atomic mass is 35.5. The summed E-state index contributed by atoms with van der Waals surface area (Å²) in [4.78, 5) is 11.4. The first kappa shape index (κ1) is 21.0. The summed E-state index contributed by atoms with van der Waals surface area (Å²) in [5.41, 5.74) is 4.12. The topological polar surface area (TPSA) is 58.6 Å². The molecule has 0 aliphatic rings. The molecule has 1 amide bonds. The molecular weight excluding hydrogens is 409 g/mol. The number of ether oxygens (including phenoxy) is 1. The number of rotatable bonds is 6. The van der Waals surface area contributed by atoms with Crippen LogP contribution >= 0.6 is 23.2 Å². The van der Waals surface area contributed by atoms with Crippen molar-refractivity contribution < 1.29 is 14.6 Å². The largest absolute Gasteiger partial charge is 0.507 e. The third-order valence-corrected chi connectivity index (χ3v) is 5.52. The van der Waals surface area contributed by atoms with E-state index >= 15 is 0 Å². The number of hydrogen-bond acceptors (Lipinski definition) is 3. The SMILES string of the molecule is CNC(=O)COc1cc(Cl)c(Cc2ccc(O)c(-c3ccccc3)c2)c(Cl)c1C. The van der Waals surface area contributed by atoms with E-state index in [0.29, 0.717) is 22.2 Å². The highest BCUT2D eigenvalue weighted by Crippen LogP contribution is 2.37. The Kier molecular flexibility index (Phi) is 6.68. The van der Waals surface area contributed by atoms with Gasteiger partial charge < -0.3 is 15.2 Å². The predicted molar refractivity (Wildman–Crippen MR) is 117 cm³/mol. The number of phenolic OH excluding ortho intramolecular Hbond substituents is 1. The maximum Gasteiger partial charge on any atom is 0.257 e. The van der Waals surface area contributed by atoms with Gasteiger partial charge in [0.05, 0.1) is 5.02 Å². The average molecular weight is 430 g/mol. The molecule has 0 radical (unpaired) electrons. The monoisotopic (exact) mass is 429 g/mol. The molecule has 0 fully saturated rings. The van der Waals surface area contributed by atoms with E-state index in [2.05, 4.69) is 5.32 Å². The zero-order valence-electron chi connectivity index (χ0n) is 16.1. The first-order valence-corrected chi connectivity index (χ1v) is 9.84. The lowest BCUT2D eigenvalue weighted by Crippen LogP contribution is -2.25. The number of nitrogens with one attached hydrogen (secondary N) is 1. The Bertz CT molecular complexity index is 1040. The van der Waals surface area contributed by atoms with E-state index < -0.39 is 0 Å². The molecule has 0 aliphatic carbocycles. The van der Waals surface area contributed by atoms with E-state index in [0.717, 1.165) is 27.8 Å². The summed E-state index contributed by atoms with van der Waals surface area (Å²) in [6, 6.07) is 16.8. The summed E-state index contributed by atoms with van der Waals surface area (Å²) < 4.78 is 5.54. The van der Waals surface area contributed by atoms with Crippen LogP contribution in [0.5, 0.6) is 11.5 Å². The van der Waals surface area contributed by atoms with Crippen LogP contribution in [0, 0.1) is 6.92 Å². The molecular formula is C23H21Cl2NO3. The maximum absolute atomic E-state index is 11.4. The minimum Gasteiger partial charge on any atom is -0.507 e. The summed E-state index contributed by atoms with van der Waals surface area (Å²) in [7, 11) is 1.54. The van der Waals surface area contributed by atoms with E-state index in [-0.39, 0.29) is 18.3 Å². The molecule has 3 rings (SSSR count). The molecule has 0 atom stereocenters. The number of carbonyl (C=O) groups is 1. The van der Waals surface area contributed by atoms with Crippen molar-refractivity contribution in [2.45, 2.75) is 13.3 Å². The molecule has 2 N–H and O–H groups in total. The van der Waals surface area contributed by atoms with Gasteiger partial charge in [-0.25, -0.2) is 0 Å². The van der Waals surface area contributed by atoms with Crippen LogP contribution < -0.4 is 10.1 Å². The molecule has 0 saturated heterocycles. The van der Waals surface area contributed by atoms with Crippen LogP contribution in [-0.2, 0) is 11.2 Å². The number of carbonyl (C=O) groups excluding carboxylic acids is 1. The molecule has 0 aromatic heterocycles. The Morgan fingerprint density at radius 3 is 2.52 bits per heavy atom. The van der Waals surface area contributed by atoms with Gasteiger partial charge in [-0.3, -0.25) is 4.79 Å². The summed E-state index contributed by atoms with van der Waals surface area (Å²) in [6.45, 7) is 1.72. The number of amides is 1. The third-order valence-electron chi connectivity index (χ3n) is 4.67. The minimum absolute atomic E-state index is 0.109. The van der Waals surface area contributed by atoms with Gasteiger partial charge in [-0.15, -0.1) is 0 Å². The van der Waals surface area contributed by atoms with Crippen molar-refractivity contribution in [1.29, 1.82) is 0 Å². The molecule has 4 nitrogen and oxygen atoms in total. The fraction of sp³-hybridized carbons (Fsp3) is 0.174. The number of likely N-dealkylation sites (N-methyl/N-ethyl adjacent to an activating group) is 1. The highest BCUT2D eigenvalue weighted by molar-refractivity contribution is 6.36. The Labute approximate surface area is 180 Å². The number of benzene rings is 3. The summed E-state index contributed by atoms with van der Waals surface area (Å²) in [5, 5.41) is 13.7. The number of phenols is 1. The van der Waals surface area contributed by atoms with Crippen LogP contribution in [0.1, 0.15) is 16.7 Å². The Morgan fingerprint density at radius 1 is 1.10 bits per heavy atom. The molecule has 0 heterocycles. The van der Waals surface area contributed by atoms with Crippen LogP contribution in [0.25, 0.3) is 11.1 Å². The molecule has 150 valence electrons. The van der Waals surface area contributed by atoms with Crippen molar-refractivity contribution in [3.8, 4) is 22.6 Å². The lowest BCUT2D eigenvalue weighted by Gasteiger charge is -2.15. The Hall–Kier alpha value is -2.69. The standard InChI is InChI=1S/C23H21Cl2NO3/c1-14-21(29-13-22(28)26-2)12-19(24)18(23(14)25)11-15-8-9-20(27)17(10-15)16-6-4-3-5-7-16/h3-10,12,27H,11,13H2,1-2H3,(H,26,28). The molecule has 0 unspecified atom stereocenters. The van der Waals surface area contributed by atoms with Crippen molar-refractivity contribution in [3.05, 3.63) is 81.3 Å². The molecule has 0 spiro atoms. The van der Waals surface area contributed by atoms with Crippen LogP contribution in [0.2, 0.25) is 10.0 Å².